The van der Waals surface area contributed by atoms with Crippen molar-refractivity contribution in [3.8, 4) is 0 Å². The van der Waals surface area contributed by atoms with Gasteiger partial charge in [-0.1, -0.05) is 23.7 Å². The number of aliphatic hydroxyl groups is 1. The van der Waals surface area contributed by atoms with Crippen LogP contribution in [0.3, 0.4) is 0 Å². The summed E-state index contributed by atoms with van der Waals surface area (Å²) in [5.41, 5.74) is 1.33. The average Bonchev–Trinajstić information content (AvgIpc) is 2.66. The van der Waals surface area contributed by atoms with Crippen molar-refractivity contribution in [1.82, 2.24) is 20.5 Å². The molecule has 3 N–H and O–H groups in total. The van der Waals surface area contributed by atoms with Gasteiger partial charge < -0.3 is 10.4 Å². The minimum Gasteiger partial charge on any atom is -0.396 e. The van der Waals surface area contributed by atoms with Crippen LogP contribution in [0.1, 0.15) is 28.2 Å². The Bertz CT molecular complexity index is 986. The molecule has 7 nitrogen and oxygen atoms in total. The maximum absolute atomic E-state index is 12.6. The molecule has 0 aliphatic rings. The molecule has 2 aromatic heterocycles. The highest BCUT2D eigenvalue weighted by Gasteiger charge is 2.15. The van der Waals surface area contributed by atoms with E-state index in [4.69, 9.17) is 16.7 Å². The van der Waals surface area contributed by atoms with E-state index in [-0.39, 0.29) is 18.8 Å². The van der Waals surface area contributed by atoms with Crippen LogP contribution in [0.5, 0.6) is 0 Å². The fourth-order valence-corrected chi connectivity index (χ4v) is 2.62. The number of benzene rings is 1. The van der Waals surface area contributed by atoms with E-state index in [2.05, 4.69) is 20.5 Å². The number of halogens is 1. The van der Waals surface area contributed by atoms with Crippen molar-refractivity contribution in [1.29, 1.82) is 0 Å². The predicted molar refractivity (Wildman–Crippen MR) is 98.2 cm³/mol. The molecule has 0 saturated carbocycles. The number of carbonyl (C=O) groups is 1. The molecule has 0 atom stereocenters. The second-order valence-electron chi connectivity index (χ2n) is 5.76. The van der Waals surface area contributed by atoms with Crippen molar-refractivity contribution in [2.24, 2.45) is 0 Å². The monoisotopic (exact) mass is 372 g/mol. The average molecular weight is 373 g/mol. The van der Waals surface area contributed by atoms with E-state index in [9.17, 15) is 9.59 Å². The molecular weight excluding hydrogens is 356 g/mol. The Morgan fingerprint density at radius 2 is 2.04 bits per heavy atom. The first-order valence-electron chi connectivity index (χ1n) is 8.09. The lowest BCUT2D eigenvalue weighted by Crippen LogP contribution is -2.30. The number of H-pyrrole nitrogens is 1. The molecule has 0 radical (unpaired) electrons. The summed E-state index contributed by atoms with van der Waals surface area (Å²) in [6.45, 7) is 0.304. The number of aromatic amines is 1. The van der Waals surface area contributed by atoms with Gasteiger partial charge in [-0.3, -0.25) is 19.7 Å². The largest absolute Gasteiger partial charge is 0.396 e. The Morgan fingerprint density at radius 3 is 2.77 bits per heavy atom. The molecule has 134 valence electrons. The first-order chi connectivity index (χ1) is 12.6. The first kappa shape index (κ1) is 18.0. The minimum atomic E-state index is -0.558. The van der Waals surface area contributed by atoms with E-state index in [1.54, 1.807) is 30.3 Å². The van der Waals surface area contributed by atoms with Crippen LogP contribution in [-0.4, -0.2) is 32.8 Å². The molecule has 0 spiro atoms. The normalized spacial score (nSPS) is 10.8. The standard InChI is InChI=1S/C18H17ClN4O3/c19-12-5-3-11(4-6-12)9-21-18(26)16-17(25)14-8-13(2-1-7-24)20-10-15(14)22-23-16/h3-6,8,10,24H,1-2,7,9H2,(H,21,26)(H,22,25). The number of nitrogens with one attached hydrogen (secondary N) is 2. The molecular formula is C18H17ClN4O3. The van der Waals surface area contributed by atoms with Gasteiger partial charge in [-0.2, -0.15) is 5.10 Å². The second kappa shape index (κ2) is 8.07. The lowest BCUT2D eigenvalue weighted by atomic mass is 10.1. The van der Waals surface area contributed by atoms with E-state index >= 15 is 0 Å². The van der Waals surface area contributed by atoms with E-state index in [0.717, 1.165) is 5.56 Å². The molecule has 1 amide bonds. The highest BCUT2D eigenvalue weighted by atomic mass is 35.5. The number of fused-ring (bicyclic) bond motifs is 1. The third-order valence-corrected chi connectivity index (χ3v) is 4.13. The fraction of sp³-hybridized carbons (Fsp3) is 0.222. The van der Waals surface area contributed by atoms with Gasteiger partial charge in [0, 0.05) is 23.9 Å². The Balaban J connectivity index is 1.82. The molecule has 0 bridgehead atoms. The number of hydrogen-bond acceptors (Lipinski definition) is 5. The van der Waals surface area contributed by atoms with Gasteiger partial charge in [0.15, 0.2) is 5.69 Å². The Morgan fingerprint density at radius 1 is 1.27 bits per heavy atom. The topological polar surface area (TPSA) is 108 Å². The molecule has 0 aliphatic carbocycles. The van der Waals surface area contributed by atoms with Crippen molar-refractivity contribution in [3.63, 3.8) is 0 Å². The number of hydrogen-bond donors (Lipinski definition) is 3. The van der Waals surface area contributed by atoms with E-state index in [1.165, 1.54) is 6.20 Å². The lowest BCUT2D eigenvalue weighted by molar-refractivity contribution is 0.0944. The van der Waals surface area contributed by atoms with E-state index in [1.807, 2.05) is 0 Å². The van der Waals surface area contributed by atoms with Gasteiger partial charge >= 0.3 is 0 Å². The van der Waals surface area contributed by atoms with Crippen molar-refractivity contribution in [2.45, 2.75) is 19.4 Å². The van der Waals surface area contributed by atoms with Gasteiger partial charge in [0.05, 0.1) is 17.1 Å². The zero-order chi connectivity index (χ0) is 18.5. The quantitative estimate of drug-likeness (QED) is 0.611. The Kier molecular flexibility index (Phi) is 5.60. The van der Waals surface area contributed by atoms with Crippen molar-refractivity contribution >= 4 is 28.4 Å². The first-order valence-corrected chi connectivity index (χ1v) is 8.47. The summed E-state index contributed by atoms with van der Waals surface area (Å²) in [4.78, 5) is 29.2. The summed E-state index contributed by atoms with van der Waals surface area (Å²) >= 11 is 5.83. The number of nitrogens with zero attached hydrogens (tertiary/aromatic N) is 2. The van der Waals surface area contributed by atoms with Gasteiger partial charge in [0.2, 0.25) is 5.43 Å². The molecule has 2 heterocycles. The van der Waals surface area contributed by atoms with E-state index in [0.29, 0.717) is 34.5 Å². The number of carbonyl (C=O) groups excluding carboxylic acids is 1. The number of aryl methyl sites for hydroxylation is 1. The van der Waals surface area contributed by atoms with Gasteiger partial charge in [-0.25, -0.2) is 0 Å². The number of aromatic nitrogens is 3. The lowest BCUT2D eigenvalue weighted by Gasteiger charge is -2.06. The summed E-state index contributed by atoms with van der Waals surface area (Å²) < 4.78 is 0. The molecule has 3 aromatic rings. The van der Waals surface area contributed by atoms with Crippen LogP contribution >= 0.6 is 11.6 Å². The molecule has 8 heteroatoms. The highest BCUT2D eigenvalue weighted by molar-refractivity contribution is 6.30. The molecule has 0 saturated heterocycles. The molecule has 0 aliphatic heterocycles. The van der Waals surface area contributed by atoms with Crippen molar-refractivity contribution in [3.05, 3.63) is 68.7 Å². The molecule has 1 aromatic carbocycles. The summed E-state index contributed by atoms with van der Waals surface area (Å²) in [6, 6.07) is 8.66. The van der Waals surface area contributed by atoms with Gasteiger partial charge in [0.25, 0.3) is 5.91 Å². The van der Waals surface area contributed by atoms with Crippen LogP contribution in [0.2, 0.25) is 5.02 Å². The summed E-state index contributed by atoms with van der Waals surface area (Å²) in [5.74, 6) is -0.558. The number of aliphatic hydroxyl groups excluding tert-OH is 1. The summed E-state index contributed by atoms with van der Waals surface area (Å²) in [7, 11) is 0. The predicted octanol–water partition coefficient (Wildman–Crippen LogP) is 1.83. The zero-order valence-corrected chi connectivity index (χ0v) is 14.6. The van der Waals surface area contributed by atoms with E-state index < -0.39 is 11.3 Å². The number of rotatable bonds is 6. The van der Waals surface area contributed by atoms with Gasteiger partial charge in [-0.15, -0.1) is 0 Å². The number of pyridine rings is 1. The maximum Gasteiger partial charge on any atom is 0.276 e. The van der Waals surface area contributed by atoms with Crippen LogP contribution in [-0.2, 0) is 13.0 Å². The van der Waals surface area contributed by atoms with Crippen molar-refractivity contribution in [2.75, 3.05) is 6.61 Å². The maximum atomic E-state index is 12.6. The van der Waals surface area contributed by atoms with Gasteiger partial charge in [-0.05, 0) is 36.6 Å². The minimum absolute atomic E-state index is 0.0464. The third kappa shape index (κ3) is 4.07. The molecule has 26 heavy (non-hydrogen) atoms. The summed E-state index contributed by atoms with van der Waals surface area (Å²) in [5, 5.41) is 19.1. The fourth-order valence-electron chi connectivity index (χ4n) is 2.49. The molecule has 0 unspecified atom stereocenters. The summed E-state index contributed by atoms with van der Waals surface area (Å²) in [6.07, 6.45) is 2.61. The van der Waals surface area contributed by atoms with Crippen LogP contribution in [0.15, 0.2) is 41.3 Å². The number of amides is 1. The van der Waals surface area contributed by atoms with Gasteiger partial charge in [0.1, 0.15) is 0 Å². The smallest absolute Gasteiger partial charge is 0.276 e. The highest BCUT2D eigenvalue weighted by Crippen LogP contribution is 2.10. The second-order valence-corrected chi connectivity index (χ2v) is 6.20. The van der Waals surface area contributed by atoms with Crippen LogP contribution < -0.4 is 10.7 Å². The SMILES string of the molecule is O=C(NCc1ccc(Cl)cc1)c1n[nH]c2cnc(CCCO)cc2c1=O. The van der Waals surface area contributed by atoms with Crippen LogP contribution in [0.25, 0.3) is 10.9 Å². The Labute approximate surface area is 154 Å². The Hall–Kier alpha value is -2.77. The molecule has 3 rings (SSSR count). The molecule has 0 fully saturated rings. The third-order valence-electron chi connectivity index (χ3n) is 3.88. The zero-order valence-electron chi connectivity index (χ0n) is 13.8. The van der Waals surface area contributed by atoms with Crippen LogP contribution in [0, 0.1) is 0 Å². The van der Waals surface area contributed by atoms with Crippen molar-refractivity contribution < 1.29 is 9.90 Å². The van der Waals surface area contributed by atoms with Crippen LogP contribution in [0.4, 0.5) is 0 Å².